The SMILES string of the molecule is CC(C)CN(Cc1cccn1C)C(=O)CN(C1CC1)S(=O)(=O)c1ccc(Cl)cc1. The Morgan fingerprint density at radius 2 is 1.86 bits per heavy atom. The molecule has 1 aromatic heterocycles. The first-order valence-electron chi connectivity index (χ1n) is 9.84. The number of hydrogen-bond acceptors (Lipinski definition) is 3. The second kappa shape index (κ2) is 8.90. The second-order valence-electron chi connectivity index (χ2n) is 8.01. The molecule has 0 radical (unpaired) electrons. The van der Waals surface area contributed by atoms with Crippen LogP contribution in [0.3, 0.4) is 0 Å². The number of nitrogens with zero attached hydrogens (tertiary/aromatic N) is 3. The lowest BCUT2D eigenvalue weighted by atomic mass is 10.2. The summed E-state index contributed by atoms with van der Waals surface area (Å²) < 4.78 is 29.7. The summed E-state index contributed by atoms with van der Waals surface area (Å²) in [6.45, 7) is 4.99. The van der Waals surface area contributed by atoms with E-state index in [-0.39, 0.29) is 29.3 Å². The second-order valence-corrected chi connectivity index (χ2v) is 10.3. The smallest absolute Gasteiger partial charge is 0.243 e. The first-order valence-corrected chi connectivity index (χ1v) is 11.7. The summed E-state index contributed by atoms with van der Waals surface area (Å²) in [6, 6.07) is 9.90. The summed E-state index contributed by atoms with van der Waals surface area (Å²) in [5.74, 6) is 0.103. The molecule has 8 heteroatoms. The van der Waals surface area contributed by atoms with Crippen molar-refractivity contribution in [2.45, 2.75) is 44.2 Å². The van der Waals surface area contributed by atoms with Gasteiger partial charge in [0.1, 0.15) is 0 Å². The van der Waals surface area contributed by atoms with Crippen LogP contribution in [0.2, 0.25) is 5.02 Å². The van der Waals surface area contributed by atoms with Gasteiger partial charge in [0.15, 0.2) is 0 Å². The van der Waals surface area contributed by atoms with E-state index in [0.717, 1.165) is 18.5 Å². The van der Waals surface area contributed by atoms with Gasteiger partial charge in [-0.05, 0) is 55.2 Å². The molecule has 29 heavy (non-hydrogen) atoms. The van der Waals surface area contributed by atoms with Crippen molar-refractivity contribution in [3.63, 3.8) is 0 Å². The summed E-state index contributed by atoms with van der Waals surface area (Å²) in [7, 11) is -1.82. The van der Waals surface area contributed by atoms with Crippen LogP contribution in [0, 0.1) is 5.92 Å². The molecular formula is C21H28ClN3O3S. The number of aromatic nitrogens is 1. The van der Waals surface area contributed by atoms with Crippen molar-refractivity contribution in [1.29, 1.82) is 0 Å². The Hall–Kier alpha value is -1.83. The first-order chi connectivity index (χ1) is 13.7. The summed E-state index contributed by atoms with van der Waals surface area (Å²) >= 11 is 5.90. The van der Waals surface area contributed by atoms with Crippen LogP contribution in [0.15, 0.2) is 47.5 Å². The molecule has 3 rings (SSSR count). The molecule has 0 atom stereocenters. The lowest BCUT2D eigenvalue weighted by molar-refractivity contribution is -0.132. The largest absolute Gasteiger partial charge is 0.353 e. The Bertz CT molecular complexity index is 950. The zero-order valence-electron chi connectivity index (χ0n) is 17.1. The molecular weight excluding hydrogens is 410 g/mol. The molecule has 6 nitrogen and oxygen atoms in total. The van der Waals surface area contributed by atoms with Gasteiger partial charge in [0, 0.05) is 36.5 Å². The topological polar surface area (TPSA) is 62.6 Å². The van der Waals surface area contributed by atoms with Gasteiger partial charge in [0.25, 0.3) is 0 Å². The summed E-state index contributed by atoms with van der Waals surface area (Å²) in [5, 5.41) is 0.476. The highest BCUT2D eigenvalue weighted by molar-refractivity contribution is 7.89. The van der Waals surface area contributed by atoms with Gasteiger partial charge >= 0.3 is 0 Å². The third kappa shape index (κ3) is 5.41. The molecule has 1 aliphatic carbocycles. The molecule has 2 aromatic rings. The molecule has 0 bridgehead atoms. The van der Waals surface area contributed by atoms with E-state index >= 15 is 0 Å². The van der Waals surface area contributed by atoms with Gasteiger partial charge in [-0.3, -0.25) is 4.79 Å². The molecule has 1 saturated carbocycles. The maximum absolute atomic E-state index is 13.2. The van der Waals surface area contributed by atoms with Crippen molar-refractivity contribution in [1.82, 2.24) is 13.8 Å². The predicted molar refractivity (Wildman–Crippen MR) is 114 cm³/mol. The van der Waals surface area contributed by atoms with Crippen LogP contribution in [0.1, 0.15) is 32.4 Å². The number of halogens is 1. The normalized spacial score (nSPS) is 14.6. The van der Waals surface area contributed by atoms with Gasteiger partial charge in [-0.15, -0.1) is 0 Å². The molecule has 0 unspecified atom stereocenters. The number of aryl methyl sites for hydroxylation is 1. The molecule has 1 fully saturated rings. The fourth-order valence-electron chi connectivity index (χ4n) is 3.30. The Morgan fingerprint density at radius 3 is 2.38 bits per heavy atom. The minimum Gasteiger partial charge on any atom is -0.353 e. The summed E-state index contributed by atoms with van der Waals surface area (Å²) in [5.41, 5.74) is 1.01. The monoisotopic (exact) mass is 437 g/mol. The summed E-state index contributed by atoms with van der Waals surface area (Å²) in [4.78, 5) is 15.1. The lowest BCUT2D eigenvalue weighted by Crippen LogP contribution is -2.44. The number of carbonyl (C=O) groups excluding carboxylic acids is 1. The molecule has 0 spiro atoms. The average Bonchev–Trinajstić information content (AvgIpc) is 3.41. The van der Waals surface area contributed by atoms with Crippen LogP contribution in [0.5, 0.6) is 0 Å². The van der Waals surface area contributed by atoms with Crippen LogP contribution in [0.4, 0.5) is 0 Å². The van der Waals surface area contributed by atoms with E-state index in [1.165, 1.54) is 16.4 Å². The third-order valence-electron chi connectivity index (χ3n) is 5.01. The van der Waals surface area contributed by atoms with E-state index in [1.807, 2.05) is 43.8 Å². The highest BCUT2D eigenvalue weighted by Crippen LogP contribution is 2.32. The number of rotatable bonds is 9. The van der Waals surface area contributed by atoms with E-state index in [9.17, 15) is 13.2 Å². The molecule has 1 amide bonds. The van der Waals surface area contributed by atoms with Crippen LogP contribution >= 0.6 is 11.6 Å². The standard InChI is InChI=1S/C21H28ClN3O3S/c1-16(2)13-24(14-19-5-4-12-23(19)3)21(26)15-25(18-8-9-18)29(27,28)20-10-6-17(22)7-11-20/h4-7,10-12,16,18H,8-9,13-15H2,1-3H3. The van der Waals surface area contributed by atoms with Crippen LogP contribution < -0.4 is 0 Å². The van der Waals surface area contributed by atoms with Crippen LogP contribution in [-0.4, -0.2) is 47.2 Å². The van der Waals surface area contributed by atoms with Gasteiger partial charge in [0.2, 0.25) is 15.9 Å². The molecule has 1 heterocycles. The lowest BCUT2D eigenvalue weighted by Gasteiger charge is -2.28. The number of benzene rings is 1. The maximum Gasteiger partial charge on any atom is 0.243 e. The average molecular weight is 438 g/mol. The van der Waals surface area contributed by atoms with E-state index in [0.29, 0.717) is 18.1 Å². The van der Waals surface area contributed by atoms with Crippen molar-refractivity contribution in [2.24, 2.45) is 13.0 Å². The fraction of sp³-hybridized carbons (Fsp3) is 0.476. The van der Waals surface area contributed by atoms with Crippen LogP contribution in [0.25, 0.3) is 0 Å². The highest BCUT2D eigenvalue weighted by Gasteiger charge is 2.40. The Kier molecular flexibility index (Phi) is 6.71. The van der Waals surface area contributed by atoms with Gasteiger partial charge in [-0.25, -0.2) is 8.42 Å². The van der Waals surface area contributed by atoms with Crippen LogP contribution in [-0.2, 0) is 28.4 Å². The highest BCUT2D eigenvalue weighted by atomic mass is 35.5. The molecule has 1 aliphatic rings. The predicted octanol–water partition coefficient (Wildman–Crippen LogP) is 3.52. The number of sulfonamides is 1. The molecule has 158 valence electrons. The maximum atomic E-state index is 13.2. The van der Waals surface area contributed by atoms with Gasteiger partial charge in [-0.2, -0.15) is 4.31 Å². The van der Waals surface area contributed by atoms with Crippen molar-refractivity contribution in [3.8, 4) is 0 Å². The number of carbonyl (C=O) groups is 1. The van der Waals surface area contributed by atoms with Crippen molar-refractivity contribution < 1.29 is 13.2 Å². The van der Waals surface area contributed by atoms with Crippen molar-refractivity contribution >= 4 is 27.5 Å². The van der Waals surface area contributed by atoms with E-state index in [1.54, 1.807) is 17.0 Å². The minimum atomic E-state index is -3.76. The van der Waals surface area contributed by atoms with Crippen molar-refractivity contribution in [3.05, 3.63) is 53.3 Å². The molecule has 0 N–H and O–H groups in total. The van der Waals surface area contributed by atoms with E-state index in [4.69, 9.17) is 11.6 Å². The first kappa shape index (κ1) is 21.9. The molecule has 0 saturated heterocycles. The fourth-order valence-corrected chi connectivity index (χ4v) is 5.06. The summed E-state index contributed by atoms with van der Waals surface area (Å²) in [6.07, 6.45) is 3.50. The quantitative estimate of drug-likeness (QED) is 0.603. The Balaban J connectivity index is 1.81. The zero-order chi connectivity index (χ0) is 21.2. The van der Waals surface area contributed by atoms with Gasteiger partial charge < -0.3 is 9.47 Å². The van der Waals surface area contributed by atoms with Gasteiger partial charge in [-0.1, -0.05) is 25.4 Å². The van der Waals surface area contributed by atoms with E-state index < -0.39 is 10.0 Å². The van der Waals surface area contributed by atoms with Gasteiger partial charge in [0.05, 0.1) is 18.0 Å². The van der Waals surface area contributed by atoms with E-state index in [2.05, 4.69) is 0 Å². The third-order valence-corrected chi connectivity index (χ3v) is 7.17. The molecule has 0 aliphatic heterocycles. The Morgan fingerprint density at radius 1 is 1.21 bits per heavy atom. The number of hydrogen-bond donors (Lipinski definition) is 0. The Labute approximate surface area is 178 Å². The van der Waals surface area contributed by atoms with Crippen molar-refractivity contribution in [2.75, 3.05) is 13.1 Å². The minimum absolute atomic E-state index is 0.115. The molecule has 1 aromatic carbocycles. The zero-order valence-corrected chi connectivity index (χ0v) is 18.7. The number of amides is 1.